The van der Waals surface area contributed by atoms with Gasteiger partial charge in [-0.05, 0) is 48.7 Å². The van der Waals surface area contributed by atoms with Gasteiger partial charge in [0.25, 0.3) is 0 Å². The Morgan fingerprint density at radius 2 is 2.04 bits per heavy atom. The SMILES string of the molecule is Cc1cccc(N=C2NN=C(c3ccc(N4CCCC4=O)cc3)CS2)c1. The van der Waals surface area contributed by atoms with Gasteiger partial charge >= 0.3 is 0 Å². The number of hydrogen-bond acceptors (Lipinski definition) is 4. The van der Waals surface area contributed by atoms with E-state index in [1.54, 1.807) is 11.8 Å². The minimum atomic E-state index is 0.210. The van der Waals surface area contributed by atoms with Crippen LogP contribution in [0.5, 0.6) is 0 Å². The smallest absolute Gasteiger partial charge is 0.227 e. The molecule has 1 fully saturated rings. The number of amides is 1. The Hall–Kier alpha value is -2.60. The molecular formula is C20H20N4OS. The van der Waals surface area contributed by atoms with E-state index in [2.05, 4.69) is 28.5 Å². The van der Waals surface area contributed by atoms with Crippen LogP contribution in [0, 0.1) is 6.92 Å². The lowest BCUT2D eigenvalue weighted by atomic mass is 10.1. The number of amidine groups is 1. The second-order valence-corrected chi connectivity index (χ2v) is 7.37. The fourth-order valence-electron chi connectivity index (χ4n) is 3.09. The number of nitrogens with zero attached hydrogens (tertiary/aromatic N) is 3. The van der Waals surface area contributed by atoms with Crippen molar-refractivity contribution in [3.8, 4) is 0 Å². The van der Waals surface area contributed by atoms with Gasteiger partial charge in [0.15, 0.2) is 5.17 Å². The van der Waals surface area contributed by atoms with Crippen LogP contribution in [0.4, 0.5) is 11.4 Å². The summed E-state index contributed by atoms with van der Waals surface area (Å²) in [6.45, 7) is 2.87. The third-order valence-corrected chi connectivity index (χ3v) is 5.32. The van der Waals surface area contributed by atoms with E-state index in [1.807, 2.05) is 47.4 Å². The Morgan fingerprint density at radius 3 is 2.69 bits per heavy atom. The number of anilines is 1. The van der Waals surface area contributed by atoms with E-state index in [9.17, 15) is 4.79 Å². The standard InChI is InChI=1S/C20H20N4OS/c1-14-4-2-5-16(12-14)21-20-23-22-18(13-26-20)15-7-9-17(10-8-15)24-11-3-6-19(24)25/h2,4-5,7-10,12H,3,6,11,13H2,1H3,(H,21,23). The fourth-order valence-corrected chi connectivity index (χ4v) is 3.88. The van der Waals surface area contributed by atoms with Gasteiger partial charge in [-0.1, -0.05) is 36.0 Å². The molecule has 0 spiro atoms. The molecule has 0 atom stereocenters. The Labute approximate surface area is 157 Å². The molecule has 2 aliphatic rings. The normalized spacial score (nSPS) is 18.8. The van der Waals surface area contributed by atoms with Crippen LogP contribution in [-0.2, 0) is 4.79 Å². The van der Waals surface area contributed by atoms with Crippen molar-refractivity contribution in [2.24, 2.45) is 10.1 Å². The first-order chi connectivity index (χ1) is 12.7. The molecule has 0 aliphatic carbocycles. The quantitative estimate of drug-likeness (QED) is 0.900. The highest BCUT2D eigenvalue weighted by Gasteiger charge is 2.21. The second kappa shape index (κ2) is 7.33. The van der Waals surface area contributed by atoms with Crippen molar-refractivity contribution in [1.29, 1.82) is 0 Å². The fraction of sp³-hybridized carbons (Fsp3) is 0.250. The van der Waals surface area contributed by atoms with Gasteiger partial charge in [-0.2, -0.15) is 5.10 Å². The minimum Gasteiger partial charge on any atom is -0.312 e. The number of nitrogens with one attached hydrogen (secondary N) is 1. The molecule has 1 amide bonds. The second-order valence-electron chi connectivity index (χ2n) is 6.41. The maximum absolute atomic E-state index is 11.8. The number of carbonyl (C=O) groups is 1. The summed E-state index contributed by atoms with van der Waals surface area (Å²) < 4.78 is 0. The summed E-state index contributed by atoms with van der Waals surface area (Å²) in [6.07, 6.45) is 1.59. The van der Waals surface area contributed by atoms with E-state index in [0.29, 0.717) is 6.42 Å². The van der Waals surface area contributed by atoms with E-state index >= 15 is 0 Å². The number of hydrogen-bond donors (Lipinski definition) is 1. The van der Waals surface area contributed by atoms with Gasteiger partial charge in [-0.15, -0.1) is 0 Å². The van der Waals surface area contributed by atoms with E-state index < -0.39 is 0 Å². The largest absolute Gasteiger partial charge is 0.312 e. The number of thioether (sulfide) groups is 1. The molecule has 0 bridgehead atoms. The average molecular weight is 364 g/mol. The van der Waals surface area contributed by atoms with Crippen molar-refractivity contribution in [2.75, 3.05) is 17.2 Å². The number of carbonyl (C=O) groups excluding carboxylic acids is 1. The van der Waals surface area contributed by atoms with Gasteiger partial charge in [0, 0.05) is 24.4 Å². The summed E-state index contributed by atoms with van der Waals surface area (Å²) >= 11 is 1.64. The van der Waals surface area contributed by atoms with Gasteiger partial charge in [0.1, 0.15) is 0 Å². The zero-order valence-corrected chi connectivity index (χ0v) is 15.4. The molecule has 0 radical (unpaired) electrons. The van der Waals surface area contributed by atoms with Gasteiger partial charge in [-0.3, -0.25) is 10.2 Å². The predicted molar refractivity (Wildman–Crippen MR) is 108 cm³/mol. The summed E-state index contributed by atoms with van der Waals surface area (Å²) in [4.78, 5) is 18.3. The zero-order valence-electron chi connectivity index (χ0n) is 14.6. The van der Waals surface area contributed by atoms with Crippen LogP contribution in [-0.4, -0.2) is 29.1 Å². The molecule has 6 heteroatoms. The summed E-state index contributed by atoms with van der Waals surface area (Å²) in [7, 11) is 0. The number of hydrazone groups is 1. The van der Waals surface area contributed by atoms with E-state index in [0.717, 1.165) is 46.5 Å². The first-order valence-electron chi connectivity index (χ1n) is 8.70. The van der Waals surface area contributed by atoms with E-state index in [4.69, 9.17) is 0 Å². The van der Waals surface area contributed by atoms with E-state index in [1.165, 1.54) is 5.56 Å². The maximum atomic E-state index is 11.8. The molecule has 132 valence electrons. The highest BCUT2D eigenvalue weighted by atomic mass is 32.2. The maximum Gasteiger partial charge on any atom is 0.227 e. The highest BCUT2D eigenvalue weighted by Crippen LogP contribution is 2.23. The zero-order chi connectivity index (χ0) is 17.9. The molecule has 5 nitrogen and oxygen atoms in total. The molecule has 26 heavy (non-hydrogen) atoms. The number of aryl methyl sites for hydroxylation is 1. The molecule has 2 aliphatic heterocycles. The molecular weight excluding hydrogens is 344 g/mol. The summed E-state index contributed by atoms with van der Waals surface area (Å²) in [5.41, 5.74) is 8.18. The molecule has 4 rings (SSSR count). The van der Waals surface area contributed by atoms with Crippen molar-refractivity contribution in [3.05, 3.63) is 59.7 Å². The Balaban J connectivity index is 1.46. The van der Waals surface area contributed by atoms with Crippen molar-refractivity contribution >= 4 is 39.9 Å². The molecule has 1 N–H and O–H groups in total. The minimum absolute atomic E-state index is 0.210. The Kier molecular flexibility index (Phi) is 4.75. The lowest BCUT2D eigenvalue weighted by molar-refractivity contribution is -0.117. The molecule has 1 saturated heterocycles. The van der Waals surface area contributed by atoms with Crippen LogP contribution < -0.4 is 10.3 Å². The summed E-state index contributed by atoms with van der Waals surface area (Å²) in [5, 5.41) is 5.28. The monoisotopic (exact) mass is 364 g/mol. The lowest BCUT2D eigenvalue weighted by Gasteiger charge is -2.18. The van der Waals surface area contributed by atoms with Gasteiger partial charge < -0.3 is 4.90 Å². The predicted octanol–water partition coefficient (Wildman–Crippen LogP) is 3.85. The van der Waals surface area contributed by atoms with Crippen molar-refractivity contribution in [3.63, 3.8) is 0 Å². The van der Waals surface area contributed by atoms with Crippen LogP contribution in [0.15, 0.2) is 58.6 Å². The molecule has 2 heterocycles. The van der Waals surface area contributed by atoms with Crippen LogP contribution in [0.2, 0.25) is 0 Å². The van der Waals surface area contributed by atoms with Gasteiger partial charge in [0.05, 0.1) is 11.4 Å². The third-order valence-electron chi connectivity index (χ3n) is 4.45. The number of rotatable bonds is 3. The third kappa shape index (κ3) is 3.65. The van der Waals surface area contributed by atoms with Crippen molar-refractivity contribution in [2.45, 2.75) is 19.8 Å². The molecule has 0 aromatic heterocycles. The molecule has 0 unspecified atom stereocenters. The number of aliphatic imine (C=N–C) groups is 1. The van der Waals surface area contributed by atoms with Crippen LogP contribution in [0.1, 0.15) is 24.0 Å². The summed E-state index contributed by atoms with van der Waals surface area (Å²) in [5.74, 6) is 0.974. The van der Waals surface area contributed by atoms with Crippen LogP contribution in [0.3, 0.4) is 0 Å². The van der Waals surface area contributed by atoms with E-state index in [-0.39, 0.29) is 5.91 Å². The summed E-state index contributed by atoms with van der Waals surface area (Å²) in [6, 6.07) is 16.2. The average Bonchev–Trinajstić information content (AvgIpc) is 3.09. The lowest BCUT2D eigenvalue weighted by Crippen LogP contribution is -2.25. The Morgan fingerprint density at radius 1 is 1.19 bits per heavy atom. The van der Waals surface area contributed by atoms with Gasteiger partial charge in [0.2, 0.25) is 5.91 Å². The molecule has 2 aromatic rings. The number of benzene rings is 2. The van der Waals surface area contributed by atoms with Gasteiger partial charge in [-0.25, -0.2) is 4.99 Å². The topological polar surface area (TPSA) is 57.1 Å². The van der Waals surface area contributed by atoms with Crippen molar-refractivity contribution < 1.29 is 4.79 Å². The van der Waals surface area contributed by atoms with Crippen LogP contribution in [0.25, 0.3) is 0 Å². The molecule has 0 saturated carbocycles. The Bertz CT molecular complexity index is 889. The first kappa shape index (κ1) is 16.8. The van der Waals surface area contributed by atoms with Crippen LogP contribution >= 0.6 is 11.8 Å². The highest BCUT2D eigenvalue weighted by molar-refractivity contribution is 8.14. The van der Waals surface area contributed by atoms with Crippen molar-refractivity contribution in [1.82, 2.24) is 5.43 Å². The molecule has 2 aromatic carbocycles. The first-order valence-corrected chi connectivity index (χ1v) is 9.69.